The molecule has 3 N–H and O–H groups in total. The largest absolute Gasteiger partial charge is 0.444 e. The van der Waals surface area contributed by atoms with E-state index >= 15 is 0 Å². The maximum Gasteiger partial charge on any atom is 0.408 e. The first-order valence-corrected chi connectivity index (χ1v) is 18.7. The molecule has 1 aromatic carbocycles. The number of ether oxygens (including phenoxy) is 3. The number of hydrogen-bond donors (Lipinski definition) is 3. The third-order valence-electron chi connectivity index (χ3n) is 10.2. The van der Waals surface area contributed by atoms with Crippen molar-refractivity contribution in [2.45, 2.75) is 129 Å². The predicted molar refractivity (Wildman–Crippen MR) is 199 cm³/mol. The molecule has 0 radical (unpaired) electrons. The fraction of sp³-hybridized carbons (Fsp3) is 0.711. The lowest BCUT2D eigenvalue weighted by Crippen LogP contribution is -2.58. The van der Waals surface area contributed by atoms with Crippen molar-refractivity contribution in [3.8, 4) is 0 Å². The summed E-state index contributed by atoms with van der Waals surface area (Å²) in [6, 6.07) is 7.57. The number of rotatable bonds is 18. The maximum atomic E-state index is 14.2. The van der Waals surface area contributed by atoms with Crippen LogP contribution >= 0.6 is 0 Å². The highest BCUT2D eigenvalue weighted by molar-refractivity contribution is 5.86. The number of nitrogens with zero attached hydrogens (tertiary/aromatic N) is 5. The zero-order valence-corrected chi connectivity index (χ0v) is 33.4. The first kappa shape index (κ1) is 43.3. The molecule has 1 aliphatic rings. The Morgan fingerprint density at radius 2 is 1.72 bits per heavy atom. The van der Waals surface area contributed by atoms with E-state index in [9.17, 15) is 19.2 Å². The second-order valence-electron chi connectivity index (χ2n) is 15.5. The van der Waals surface area contributed by atoms with Gasteiger partial charge in [-0.05, 0) is 61.4 Å². The fourth-order valence-electron chi connectivity index (χ4n) is 7.16. The van der Waals surface area contributed by atoms with Gasteiger partial charge in [0.15, 0.2) is 5.82 Å². The zero-order valence-electron chi connectivity index (χ0n) is 33.4. The van der Waals surface area contributed by atoms with Crippen LogP contribution in [-0.2, 0) is 35.0 Å². The van der Waals surface area contributed by atoms with Gasteiger partial charge in [0, 0.05) is 34.2 Å². The second kappa shape index (κ2) is 19.8. The minimum absolute atomic E-state index is 0.0140. The summed E-state index contributed by atoms with van der Waals surface area (Å²) in [5.74, 6) is -1.14. The van der Waals surface area contributed by atoms with Gasteiger partial charge in [-0.25, -0.2) is 9.89 Å². The van der Waals surface area contributed by atoms with Crippen molar-refractivity contribution >= 4 is 23.8 Å². The molecule has 0 saturated carbocycles. The first-order chi connectivity index (χ1) is 25.0. The summed E-state index contributed by atoms with van der Waals surface area (Å²) >= 11 is 0. The van der Waals surface area contributed by atoms with E-state index in [0.29, 0.717) is 25.2 Å². The van der Waals surface area contributed by atoms with Crippen LogP contribution in [-0.4, -0.2) is 118 Å². The van der Waals surface area contributed by atoms with E-state index < -0.39 is 47.9 Å². The first-order valence-electron chi connectivity index (χ1n) is 18.7. The Morgan fingerprint density at radius 3 is 2.26 bits per heavy atom. The number of amides is 4. The van der Waals surface area contributed by atoms with Gasteiger partial charge in [-0.3, -0.25) is 14.4 Å². The van der Waals surface area contributed by atoms with E-state index in [1.165, 1.54) is 0 Å². The molecule has 1 fully saturated rings. The second-order valence-corrected chi connectivity index (χ2v) is 15.5. The molecule has 0 bridgehead atoms. The molecular formula is C38H62N8O7. The van der Waals surface area contributed by atoms with Crippen LogP contribution in [0.3, 0.4) is 0 Å². The molecule has 1 aliphatic heterocycles. The van der Waals surface area contributed by atoms with E-state index in [2.05, 4.69) is 31.3 Å². The van der Waals surface area contributed by atoms with Crippen LogP contribution in [0.25, 0.3) is 0 Å². The van der Waals surface area contributed by atoms with Crippen LogP contribution in [0, 0.1) is 17.8 Å². The van der Waals surface area contributed by atoms with Gasteiger partial charge in [-0.1, -0.05) is 71.4 Å². The summed E-state index contributed by atoms with van der Waals surface area (Å²) in [4.78, 5) is 58.1. The third kappa shape index (κ3) is 11.9. The molecule has 15 heteroatoms. The summed E-state index contributed by atoms with van der Waals surface area (Å²) in [5, 5.41) is 20.1. The Hall–Kier alpha value is -4.11. The molecule has 4 amide bonds. The van der Waals surface area contributed by atoms with Crippen LogP contribution in [0.5, 0.6) is 0 Å². The van der Waals surface area contributed by atoms with E-state index in [1.54, 1.807) is 58.8 Å². The lowest BCUT2D eigenvalue weighted by molar-refractivity contribution is -0.147. The molecule has 8 atom stereocenters. The standard InChI is InChI=1S/C38H62N8O7/c1-12-24(4)32(45(9)36(49)31(23(2)3)40-37(50)53-38(6,7)8)29(51-10)22-30(47)46-20-16-19-28(46)33(52-11)25(5)35(48)39-27(34-41-43-44-42-34)21-26-17-14-13-15-18-26/h13-15,17-18,23-25,27-29,31-33H,12,16,19-22H2,1-11H3,(H,39,48)(H,40,50)(H,41,42,43,44)/t24-,25+,27-,28-,29+,31-,32-,33+/m0/s1. The van der Waals surface area contributed by atoms with Gasteiger partial charge >= 0.3 is 6.09 Å². The van der Waals surface area contributed by atoms with Gasteiger partial charge in [0.25, 0.3) is 0 Å². The molecule has 0 aliphatic carbocycles. The Labute approximate surface area is 314 Å². The van der Waals surface area contributed by atoms with E-state index in [4.69, 9.17) is 14.2 Å². The smallest absolute Gasteiger partial charge is 0.408 e. The maximum absolute atomic E-state index is 14.2. The van der Waals surface area contributed by atoms with Crippen molar-refractivity contribution in [3.05, 3.63) is 41.7 Å². The molecule has 15 nitrogen and oxygen atoms in total. The van der Waals surface area contributed by atoms with Crippen molar-refractivity contribution < 1.29 is 33.4 Å². The number of alkyl carbamates (subject to hydrolysis) is 1. The molecule has 1 saturated heterocycles. The van der Waals surface area contributed by atoms with Crippen molar-refractivity contribution in [2.75, 3.05) is 27.8 Å². The van der Waals surface area contributed by atoms with Crippen molar-refractivity contribution in [2.24, 2.45) is 17.8 Å². The highest BCUT2D eigenvalue weighted by Crippen LogP contribution is 2.30. The van der Waals surface area contributed by atoms with Crippen LogP contribution in [0.4, 0.5) is 4.79 Å². The van der Waals surface area contributed by atoms with E-state index in [-0.39, 0.29) is 42.0 Å². The number of methoxy groups -OCH3 is 2. The Balaban J connectivity index is 1.77. The number of carbonyl (C=O) groups is 4. The van der Waals surface area contributed by atoms with E-state index in [1.807, 2.05) is 58.0 Å². The van der Waals surface area contributed by atoms with Gasteiger partial charge in [-0.2, -0.15) is 0 Å². The predicted octanol–water partition coefficient (Wildman–Crippen LogP) is 4.07. The van der Waals surface area contributed by atoms with Crippen LogP contribution < -0.4 is 10.6 Å². The SMILES string of the molecule is CC[C@H](C)[C@@H]([C@@H](CC(=O)N1CCC[C@H]1[C@H](OC)[C@@H](C)C(=O)N[C@@H](Cc1ccccc1)c1nnn[nH]1)OC)N(C)C(=O)[C@@H](NC(=O)OC(C)(C)C)C(C)C. The summed E-state index contributed by atoms with van der Waals surface area (Å²) < 4.78 is 17.4. The zero-order chi connectivity index (χ0) is 39.5. The quantitative estimate of drug-likeness (QED) is 0.202. The number of nitrogens with one attached hydrogen (secondary N) is 3. The fourth-order valence-corrected chi connectivity index (χ4v) is 7.16. The summed E-state index contributed by atoms with van der Waals surface area (Å²) in [6.07, 6.45) is 0.729. The van der Waals surface area contributed by atoms with Gasteiger partial charge in [0.05, 0.1) is 42.7 Å². The minimum Gasteiger partial charge on any atom is -0.444 e. The molecule has 2 heterocycles. The minimum atomic E-state index is -0.847. The number of aromatic amines is 1. The summed E-state index contributed by atoms with van der Waals surface area (Å²) in [5.41, 5.74) is 0.283. The van der Waals surface area contributed by atoms with Gasteiger partial charge < -0.3 is 34.6 Å². The molecule has 0 unspecified atom stereocenters. The number of carbonyl (C=O) groups excluding carboxylic acids is 4. The highest BCUT2D eigenvalue weighted by atomic mass is 16.6. The Morgan fingerprint density at radius 1 is 1.04 bits per heavy atom. The number of likely N-dealkylation sites (N-methyl/N-ethyl adjacent to an activating group) is 1. The lowest BCUT2D eigenvalue weighted by Gasteiger charge is -2.40. The summed E-state index contributed by atoms with van der Waals surface area (Å²) in [7, 11) is 4.80. The monoisotopic (exact) mass is 742 g/mol. The van der Waals surface area contributed by atoms with Crippen LogP contribution in [0.15, 0.2) is 30.3 Å². The van der Waals surface area contributed by atoms with Crippen molar-refractivity contribution in [1.82, 2.24) is 41.1 Å². The highest BCUT2D eigenvalue weighted by Gasteiger charge is 2.43. The molecule has 296 valence electrons. The summed E-state index contributed by atoms with van der Waals surface area (Å²) in [6.45, 7) is 15.4. The van der Waals surface area contributed by atoms with Gasteiger partial charge in [0.2, 0.25) is 17.7 Å². The molecule has 1 aromatic heterocycles. The number of tetrazole rings is 1. The number of benzene rings is 1. The lowest BCUT2D eigenvalue weighted by atomic mass is 9.89. The Kier molecular flexibility index (Phi) is 16.2. The topological polar surface area (TPSA) is 181 Å². The van der Waals surface area contributed by atoms with Crippen molar-refractivity contribution in [1.29, 1.82) is 0 Å². The molecule has 2 aromatic rings. The van der Waals surface area contributed by atoms with Gasteiger partial charge in [-0.15, -0.1) is 5.10 Å². The van der Waals surface area contributed by atoms with E-state index in [0.717, 1.165) is 18.4 Å². The van der Waals surface area contributed by atoms with Crippen LogP contribution in [0.1, 0.15) is 98.5 Å². The normalized spacial score (nSPS) is 18.7. The molecule has 0 spiro atoms. The number of aromatic nitrogens is 4. The molecular weight excluding hydrogens is 680 g/mol. The van der Waals surface area contributed by atoms with Crippen LogP contribution in [0.2, 0.25) is 0 Å². The third-order valence-corrected chi connectivity index (χ3v) is 10.2. The molecule has 3 rings (SSSR count). The number of hydrogen-bond acceptors (Lipinski definition) is 10. The molecule has 53 heavy (non-hydrogen) atoms. The van der Waals surface area contributed by atoms with Crippen molar-refractivity contribution in [3.63, 3.8) is 0 Å². The van der Waals surface area contributed by atoms with Gasteiger partial charge in [0.1, 0.15) is 11.6 Å². The average Bonchev–Trinajstić information content (AvgIpc) is 3.83. The Bertz CT molecular complexity index is 1450. The average molecular weight is 743 g/mol. The number of likely N-dealkylation sites (tertiary alicyclic amines) is 1. The number of H-pyrrole nitrogens is 1.